The van der Waals surface area contributed by atoms with Crippen molar-refractivity contribution in [1.29, 1.82) is 0 Å². The molecule has 1 unspecified atom stereocenters. The predicted octanol–water partition coefficient (Wildman–Crippen LogP) is 3.95. The van der Waals surface area contributed by atoms with Crippen LogP contribution < -0.4 is 10.1 Å². The molecule has 0 aliphatic carbocycles. The van der Waals surface area contributed by atoms with Crippen LogP contribution in [0.4, 0.5) is 4.39 Å². The predicted molar refractivity (Wildman–Crippen MR) is 121 cm³/mol. The molecule has 1 aromatic heterocycles. The third-order valence-corrected chi connectivity index (χ3v) is 6.01. The molecule has 0 radical (unpaired) electrons. The van der Waals surface area contributed by atoms with Crippen LogP contribution in [0.15, 0.2) is 48.7 Å². The van der Waals surface area contributed by atoms with Crippen molar-refractivity contribution in [2.75, 3.05) is 20.2 Å². The van der Waals surface area contributed by atoms with E-state index in [2.05, 4.69) is 46.5 Å². The highest BCUT2D eigenvalue weighted by atomic mass is 19.1. The van der Waals surface area contributed by atoms with E-state index < -0.39 is 0 Å². The van der Waals surface area contributed by atoms with E-state index in [9.17, 15) is 9.18 Å². The van der Waals surface area contributed by atoms with Crippen LogP contribution in [0.3, 0.4) is 0 Å². The van der Waals surface area contributed by atoms with Gasteiger partial charge >= 0.3 is 0 Å². The summed E-state index contributed by atoms with van der Waals surface area (Å²) in [6, 6.07) is 13.5. The SMILES string of the molecule is COc1cccc(CN2CCC(c3c(CNC(C)=O)cnn3-c3ccc(C)cc3)C2)c1F. The molecule has 4 rings (SSSR count). The van der Waals surface area contributed by atoms with E-state index in [-0.39, 0.29) is 23.4 Å². The molecule has 0 saturated carbocycles. The maximum atomic E-state index is 14.6. The molecule has 1 N–H and O–H groups in total. The van der Waals surface area contributed by atoms with Gasteiger partial charge in [0.15, 0.2) is 11.6 Å². The molecule has 3 aromatic rings. The number of carbonyl (C=O) groups excluding carboxylic acids is 1. The monoisotopic (exact) mass is 436 g/mol. The Morgan fingerprint density at radius 2 is 2.00 bits per heavy atom. The number of carbonyl (C=O) groups is 1. The standard InChI is InChI=1S/C25H29FN4O2/c1-17-7-9-22(10-8-17)30-25(21(14-28-30)13-27-18(2)31)20-11-12-29(16-20)15-19-5-4-6-23(32-3)24(19)26/h4-10,14,20H,11-13,15-16H2,1-3H3,(H,27,31). The number of hydrogen-bond donors (Lipinski definition) is 1. The van der Waals surface area contributed by atoms with Crippen LogP contribution in [0.1, 0.15) is 41.6 Å². The number of aryl methyl sites for hydroxylation is 1. The van der Waals surface area contributed by atoms with Gasteiger partial charge < -0.3 is 10.1 Å². The van der Waals surface area contributed by atoms with Gasteiger partial charge in [-0.1, -0.05) is 29.8 Å². The van der Waals surface area contributed by atoms with Crippen LogP contribution in [-0.2, 0) is 17.9 Å². The number of halogens is 1. The Kier molecular flexibility index (Phi) is 6.55. The highest BCUT2D eigenvalue weighted by molar-refractivity contribution is 5.72. The lowest BCUT2D eigenvalue weighted by atomic mass is 10.00. The minimum Gasteiger partial charge on any atom is -0.494 e. The molecule has 2 heterocycles. The summed E-state index contributed by atoms with van der Waals surface area (Å²) in [5.74, 6) is 0.139. The lowest BCUT2D eigenvalue weighted by molar-refractivity contribution is -0.119. The molecule has 7 heteroatoms. The first kappa shape index (κ1) is 22.0. The number of nitrogens with one attached hydrogen (secondary N) is 1. The Balaban J connectivity index is 1.59. The van der Waals surface area contributed by atoms with Crippen molar-refractivity contribution in [1.82, 2.24) is 20.0 Å². The van der Waals surface area contributed by atoms with Gasteiger partial charge in [0.25, 0.3) is 0 Å². The van der Waals surface area contributed by atoms with Gasteiger partial charge in [0.2, 0.25) is 5.91 Å². The molecule has 1 amide bonds. The Labute approximate surface area is 188 Å². The number of aromatic nitrogens is 2. The second kappa shape index (κ2) is 9.53. The van der Waals surface area contributed by atoms with Gasteiger partial charge in [-0.25, -0.2) is 9.07 Å². The molecular weight excluding hydrogens is 407 g/mol. The van der Waals surface area contributed by atoms with E-state index in [1.54, 1.807) is 6.07 Å². The van der Waals surface area contributed by atoms with Crippen LogP contribution in [0.2, 0.25) is 0 Å². The summed E-state index contributed by atoms with van der Waals surface area (Å²) < 4.78 is 21.8. The average molecular weight is 437 g/mol. The van der Waals surface area contributed by atoms with Crippen LogP contribution >= 0.6 is 0 Å². The molecule has 168 valence electrons. The number of methoxy groups -OCH3 is 1. The van der Waals surface area contributed by atoms with Gasteiger partial charge in [0.1, 0.15) is 0 Å². The van der Waals surface area contributed by atoms with Crippen LogP contribution in [0.5, 0.6) is 5.75 Å². The summed E-state index contributed by atoms with van der Waals surface area (Å²) in [5, 5.41) is 7.56. The first-order valence-corrected chi connectivity index (χ1v) is 10.9. The minimum atomic E-state index is -0.297. The van der Waals surface area contributed by atoms with Gasteiger partial charge in [0, 0.05) is 43.6 Å². The van der Waals surface area contributed by atoms with Crippen molar-refractivity contribution in [3.8, 4) is 11.4 Å². The third-order valence-electron chi connectivity index (χ3n) is 6.01. The van der Waals surface area contributed by atoms with Crippen molar-refractivity contribution >= 4 is 5.91 Å². The molecule has 2 aromatic carbocycles. The van der Waals surface area contributed by atoms with E-state index in [4.69, 9.17) is 4.74 Å². The Hall–Kier alpha value is -3.19. The molecule has 0 bridgehead atoms. The summed E-state index contributed by atoms with van der Waals surface area (Å²) in [6.07, 6.45) is 2.78. The highest BCUT2D eigenvalue weighted by Crippen LogP contribution is 2.33. The van der Waals surface area contributed by atoms with E-state index >= 15 is 0 Å². The van der Waals surface area contributed by atoms with E-state index in [1.807, 2.05) is 23.0 Å². The maximum absolute atomic E-state index is 14.6. The third kappa shape index (κ3) is 4.67. The molecule has 1 saturated heterocycles. The molecule has 1 atom stereocenters. The van der Waals surface area contributed by atoms with E-state index in [0.717, 1.165) is 36.5 Å². The van der Waals surface area contributed by atoms with Crippen molar-refractivity contribution in [3.63, 3.8) is 0 Å². The highest BCUT2D eigenvalue weighted by Gasteiger charge is 2.30. The van der Waals surface area contributed by atoms with Gasteiger partial charge in [-0.3, -0.25) is 9.69 Å². The summed E-state index contributed by atoms with van der Waals surface area (Å²) in [4.78, 5) is 13.8. The Morgan fingerprint density at radius 3 is 2.72 bits per heavy atom. The van der Waals surface area contributed by atoms with Gasteiger partial charge in [-0.15, -0.1) is 0 Å². The molecule has 32 heavy (non-hydrogen) atoms. The Morgan fingerprint density at radius 1 is 1.22 bits per heavy atom. The summed E-state index contributed by atoms with van der Waals surface area (Å²) in [5.41, 5.74) is 4.94. The summed E-state index contributed by atoms with van der Waals surface area (Å²) in [7, 11) is 1.48. The van der Waals surface area contributed by atoms with Crippen molar-refractivity contribution in [3.05, 3.63) is 76.9 Å². The fraction of sp³-hybridized carbons (Fsp3) is 0.360. The second-order valence-electron chi connectivity index (χ2n) is 8.37. The average Bonchev–Trinajstić information content (AvgIpc) is 3.41. The number of hydrogen-bond acceptors (Lipinski definition) is 4. The number of likely N-dealkylation sites (tertiary alicyclic amines) is 1. The molecule has 1 aliphatic heterocycles. The second-order valence-corrected chi connectivity index (χ2v) is 8.37. The zero-order valence-corrected chi connectivity index (χ0v) is 18.8. The molecule has 0 spiro atoms. The van der Waals surface area contributed by atoms with Crippen molar-refractivity contribution in [2.45, 2.75) is 39.3 Å². The fourth-order valence-electron chi connectivity index (χ4n) is 4.35. The lowest BCUT2D eigenvalue weighted by Crippen LogP contribution is -2.23. The number of ether oxygens (including phenoxy) is 1. The fourth-order valence-corrected chi connectivity index (χ4v) is 4.35. The number of benzene rings is 2. The Bertz CT molecular complexity index is 1090. The summed E-state index contributed by atoms with van der Waals surface area (Å²) >= 11 is 0. The molecule has 6 nitrogen and oxygen atoms in total. The van der Waals surface area contributed by atoms with Crippen molar-refractivity contribution in [2.24, 2.45) is 0 Å². The van der Waals surface area contributed by atoms with Gasteiger partial charge in [-0.2, -0.15) is 5.10 Å². The maximum Gasteiger partial charge on any atom is 0.217 e. The van der Waals surface area contributed by atoms with E-state index in [0.29, 0.717) is 18.7 Å². The topological polar surface area (TPSA) is 59.4 Å². The quantitative estimate of drug-likeness (QED) is 0.609. The van der Waals surface area contributed by atoms with Gasteiger partial charge in [0.05, 0.1) is 24.7 Å². The summed E-state index contributed by atoms with van der Waals surface area (Å²) in [6.45, 7) is 6.20. The number of amides is 1. The smallest absolute Gasteiger partial charge is 0.217 e. The zero-order chi connectivity index (χ0) is 22.7. The van der Waals surface area contributed by atoms with E-state index in [1.165, 1.54) is 19.6 Å². The molecular formula is C25H29FN4O2. The molecule has 1 aliphatic rings. The van der Waals surface area contributed by atoms with Crippen LogP contribution in [0.25, 0.3) is 5.69 Å². The van der Waals surface area contributed by atoms with Crippen LogP contribution in [-0.4, -0.2) is 40.8 Å². The normalized spacial score (nSPS) is 16.3. The van der Waals surface area contributed by atoms with Crippen LogP contribution in [0, 0.1) is 12.7 Å². The zero-order valence-electron chi connectivity index (χ0n) is 18.8. The van der Waals surface area contributed by atoms with Crippen molar-refractivity contribution < 1.29 is 13.9 Å². The lowest BCUT2D eigenvalue weighted by Gasteiger charge is -2.19. The largest absolute Gasteiger partial charge is 0.494 e. The molecule has 1 fully saturated rings. The number of nitrogens with zero attached hydrogens (tertiary/aromatic N) is 3. The number of rotatable bonds is 7. The van der Waals surface area contributed by atoms with Gasteiger partial charge in [-0.05, 0) is 38.1 Å². The minimum absolute atomic E-state index is 0.0689. The first-order valence-electron chi connectivity index (χ1n) is 10.9. The first-order chi connectivity index (χ1) is 15.5.